The van der Waals surface area contributed by atoms with E-state index in [1.165, 1.54) is 5.57 Å². The maximum absolute atomic E-state index is 10.5. The Hall–Kier alpha value is -1.72. The number of methoxy groups -OCH3 is 2. The highest BCUT2D eigenvalue weighted by atomic mass is 16.5. The molecule has 2 atom stereocenters. The zero-order valence-electron chi connectivity index (χ0n) is 14.3. The smallest absolute Gasteiger partial charge is 0.203 e. The number of ether oxygens (including phenoxy) is 2. The van der Waals surface area contributed by atoms with Crippen molar-refractivity contribution in [1.29, 1.82) is 0 Å². The summed E-state index contributed by atoms with van der Waals surface area (Å²) in [4.78, 5) is 2.48. The SMILES string of the molecule is COc1c(O)cc2c(c1OC)CCCN1CCC3=CC[C@H](O)C[C@]321. The quantitative estimate of drug-likeness (QED) is 0.815. The monoisotopic (exact) mass is 331 g/mol. The fraction of sp³-hybridized carbons (Fsp3) is 0.579. The van der Waals surface area contributed by atoms with Crippen molar-refractivity contribution >= 4 is 0 Å². The molecule has 0 amide bonds. The number of hydrogen-bond acceptors (Lipinski definition) is 5. The molecule has 0 bridgehead atoms. The molecule has 0 aromatic heterocycles. The number of hydrogen-bond donors (Lipinski definition) is 2. The minimum atomic E-state index is -0.351. The number of aromatic hydroxyl groups is 1. The molecular weight excluding hydrogens is 306 g/mol. The molecule has 130 valence electrons. The van der Waals surface area contributed by atoms with Gasteiger partial charge in [0.25, 0.3) is 0 Å². The van der Waals surface area contributed by atoms with Crippen molar-refractivity contribution in [2.24, 2.45) is 0 Å². The number of rotatable bonds is 2. The number of phenolic OH excluding ortho intramolecular Hbond substituents is 1. The molecule has 2 aliphatic heterocycles. The summed E-state index contributed by atoms with van der Waals surface area (Å²) in [7, 11) is 3.18. The Morgan fingerprint density at radius 3 is 2.71 bits per heavy atom. The first-order valence-electron chi connectivity index (χ1n) is 8.71. The van der Waals surface area contributed by atoms with Crippen molar-refractivity contribution in [2.75, 3.05) is 27.3 Å². The first kappa shape index (κ1) is 15.8. The first-order chi connectivity index (χ1) is 11.6. The number of aliphatic hydroxyl groups excluding tert-OH is 1. The molecule has 4 rings (SSSR count). The maximum Gasteiger partial charge on any atom is 0.203 e. The predicted octanol–water partition coefficient (Wildman–Crippen LogP) is 2.34. The molecule has 5 heteroatoms. The van der Waals surface area contributed by atoms with E-state index in [0.717, 1.165) is 49.9 Å². The fourth-order valence-corrected chi connectivity index (χ4v) is 4.99. The molecule has 2 heterocycles. The zero-order valence-corrected chi connectivity index (χ0v) is 14.3. The van der Waals surface area contributed by atoms with Crippen LogP contribution in [0.2, 0.25) is 0 Å². The second-order valence-corrected chi connectivity index (χ2v) is 7.01. The van der Waals surface area contributed by atoms with Crippen molar-refractivity contribution < 1.29 is 19.7 Å². The van der Waals surface area contributed by atoms with Crippen LogP contribution in [0.3, 0.4) is 0 Å². The number of benzene rings is 1. The van der Waals surface area contributed by atoms with Crippen molar-refractivity contribution in [2.45, 2.75) is 43.7 Å². The molecule has 24 heavy (non-hydrogen) atoms. The van der Waals surface area contributed by atoms with Crippen LogP contribution in [0.15, 0.2) is 17.7 Å². The van der Waals surface area contributed by atoms with Crippen LogP contribution >= 0.6 is 0 Å². The van der Waals surface area contributed by atoms with Crippen LogP contribution in [0, 0.1) is 0 Å². The van der Waals surface area contributed by atoms with Gasteiger partial charge >= 0.3 is 0 Å². The van der Waals surface area contributed by atoms with Gasteiger partial charge in [0.05, 0.1) is 25.9 Å². The summed E-state index contributed by atoms with van der Waals surface area (Å²) in [6.07, 6.45) is 6.20. The standard InChI is InChI=1S/C19H25NO4/c1-23-17-14-4-3-8-20-9-7-12-5-6-13(21)11-19(12,20)15(14)10-16(22)18(17)24-2/h5,10,13,21-22H,3-4,6-9,11H2,1-2H3/t13-,19-/m0/s1. The molecular formula is C19H25NO4. The van der Waals surface area contributed by atoms with Crippen LogP contribution in [0.4, 0.5) is 0 Å². The average molecular weight is 331 g/mol. The summed E-state index contributed by atoms with van der Waals surface area (Å²) < 4.78 is 11.0. The molecule has 1 spiro atoms. The molecule has 1 aliphatic carbocycles. The minimum absolute atomic E-state index is 0.107. The number of aliphatic hydroxyl groups is 1. The molecule has 0 radical (unpaired) electrons. The Balaban J connectivity index is 2.01. The van der Waals surface area contributed by atoms with Crippen molar-refractivity contribution in [3.8, 4) is 17.2 Å². The van der Waals surface area contributed by atoms with Gasteiger partial charge in [0.2, 0.25) is 5.75 Å². The number of nitrogens with zero attached hydrogens (tertiary/aromatic N) is 1. The van der Waals surface area contributed by atoms with Crippen LogP contribution in [-0.2, 0) is 12.0 Å². The van der Waals surface area contributed by atoms with Gasteiger partial charge in [0.15, 0.2) is 11.5 Å². The fourth-order valence-electron chi connectivity index (χ4n) is 4.99. The molecule has 1 saturated heterocycles. The summed E-state index contributed by atoms with van der Waals surface area (Å²) in [5.41, 5.74) is 3.26. The second kappa shape index (κ2) is 5.67. The predicted molar refractivity (Wildman–Crippen MR) is 90.7 cm³/mol. The lowest BCUT2D eigenvalue weighted by atomic mass is 9.73. The Morgan fingerprint density at radius 1 is 1.17 bits per heavy atom. The van der Waals surface area contributed by atoms with Crippen molar-refractivity contribution in [3.05, 3.63) is 28.8 Å². The summed E-state index contributed by atoms with van der Waals surface area (Å²) in [6, 6.07) is 1.84. The van der Waals surface area contributed by atoms with Gasteiger partial charge < -0.3 is 19.7 Å². The van der Waals surface area contributed by atoms with E-state index in [4.69, 9.17) is 9.47 Å². The van der Waals surface area contributed by atoms with Gasteiger partial charge in [0, 0.05) is 18.5 Å². The van der Waals surface area contributed by atoms with Crippen LogP contribution in [-0.4, -0.2) is 48.5 Å². The third-order valence-corrected chi connectivity index (χ3v) is 5.92. The summed E-state index contributed by atoms with van der Waals surface area (Å²) in [6.45, 7) is 2.00. The largest absolute Gasteiger partial charge is 0.504 e. The van der Waals surface area contributed by atoms with Crippen LogP contribution < -0.4 is 9.47 Å². The molecule has 5 nitrogen and oxygen atoms in total. The van der Waals surface area contributed by atoms with E-state index in [1.54, 1.807) is 14.2 Å². The first-order valence-corrected chi connectivity index (χ1v) is 8.71. The average Bonchev–Trinajstić information content (AvgIpc) is 2.86. The van der Waals surface area contributed by atoms with Gasteiger partial charge in [-0.1, -0.05) is 6.08 Å². The van der Waals surface area contributed by atoms with E-state index in [-0.39, 0.29) is 17.4 Å². The van der Waals surface area contributed by atoms with E-state index < -0.39 is 0 Å². The highest BCUT2D eigenvalue weighted by Gasteiger charge is 2.51. The Kier molecular flexibility index (Phi) is 3.73. The van der Waals surface area contributed by atoms with E-state index in [0.29, 0.717) is 17.9 Å². The van der Waals surface area contributed by atoms with Gasteiger partial charge in [-0.05, 0) is 49.4 Å². The van der Waals surface area contributed by atoms with Gasteiger partial charge in [-0.15, -0.1) is 0 Å². The van der Waals surface area contributed by atoms with Gasteiger partial charge in [-0.25, -0.2) is 0 Å². The molecule has 3 aliphatic rings. The second-order valence-electron chi connectivity index (χ2n) is 7.01. The third kappa shape index (κ3) is 2.01. The zero-order chi connectivity index (χ0) is 16.9. The highest BCUT2D eigenvalue weighted by molar-refractivity contribution is 5.62. The Labute approximate surface area is 142 Å². The summed E-state index contributed by atoms with van der Waals surface area (Å²) in [5, 5.41) is 21.0. The lowest BCUT2D eigenvalue weighted by molar-refractivity contribution is 0.0671. The highest BCUT2D eigenvalue weighted by Crippen LogP contribution is 2.55. The lowest BCUT2D eigenvalue weighted by Crippen LogP contribution is -2.46. The third-order valence-electron chi connectivity index (χ3n) is 5.92. The number of fused-ring (bicyclic) bond motifs is 1. The van der Waals surface area contributed by atoms with Crippen molar-refractivity contribution in [3.63, 3.8) is 0 Å². The molecule has 1 aromatic carbocycles. The Morgan fingerprint density at radius 2 is 1.96 bits per heavy atom. The maximum atomic E-state index is 10.5. The number of phenols is 1. The summed E-state index contributed by atoms with van der Waals surface area (Å²) in [5.74, 6) is 1.15. The molecule has 1 aromatic rings. The molecule has 0 unspecified atom stereocenters. The topological polar surface area (TPSA) is 62.2 Å². The molecule has 0 saturated carbocycles. The van der Waals surface area contributed by atoms with E-state index in [2.05, 4.69) is 11.0 Å². The van der Waals surface area contributed by atoms with Gasteiger partial charge in [0.1, 0.15) is 0 Å². The summed E-state index contributed by atoms with van der Waals surface area (Å²) >= 11 is 0. The van der Waals surface area contributed by atoms with Crippen molar-refractivity contribution in [1.82, 2.24) is 4.90 Å². The van der Waals surface area contributed by atoms with E-state index in [1.807, 2.05) is 6.07 Å². The van der Waals surface area contributed by atoms with Crippen LogP contribution in [0.25, 0.3) is 0 Å². The van der Waals surface area contributed by atoms with Gasteiger partial charge in [-0.3, -0.25) is 4.90 Å². The van der Waals surface area contributed by atoms with E-state index in [9.17, 15) is 10.2 Å². The van der Waals surface area contributed by atoms with E-state index >= 15 is 0 Å². The Bertz CT molecular complexity index is 699. The van der Waals surface area contributed by atoms with Crippen LogP contribution in [0.1, 0.15) is 36.8 Å². The van der Waals surface area contributed by atoms with Crippen LogP contribution in [0.5, 0.6) is 17.2 Å². The normalized spacial score (nSPS) is 29.1. The van der Waals surface area contributed by atoms with Gasteiger partial charge in [-0.2, -0.15) is 0 Å². The molecule has 2 N–H and O–H groups in total. The minimum Gasteiger partial charge on any atom is -0.504 e. The lowest BCUT2D eigenvalue weighted by Gasteiger charge is -2.43. The molecule has 1 fully saturated rings.